The van der Waals surface area contributed by atoms with Crippen LogP contribution < -0.4 is 10.6 Å². The fourth-order valence-electron chi connectivity index (χ4n) is 2.59. The van der Waals surface area contributed by atoms with Crippen LogP contribution in [0.1, 0.15) is 63.4 Å². The van der Waals surface area contributed by atoms with Crippen LogP contribution in [0.5, 0.6) is 0 Å². The fourth-order valence-corrected chi connectivity index (χ4v) is 2.59. The predicted octanol–water partition coefficient (Wildman–Crippen LogP) is 2.72. The molecule has 0 fully saturated rings. The number of benzene rings is 1. The minimum Gasteiger partial charge on any atom is -0.481 e. The summed E-state index contributed by atoms with van der Waals surface area (Å²) in [6.07, 6.45) is 0.844. The third kappa shape index (κ3) is 5.58. The Morgan fingerprint density at radius 2 is 1.50 bits per heavy atom. The molecule has 1 rings (SSSR count). The van der Waals surface area contributed by atoms with Gasteiger partial charge in [0.25, 0.3) is 5.91 Å². The first kappa shape index (κ1) is 21.7. The van der Waals surface area contributed by atoms with Crippen molar-refractivity contribution in [3.63, 3.8) is 0 Å². The molecule has 26 heavy (non-hydrogen) atoms. The van der Waals surface area contributed by atoms with E-state index in [2.05, 4.69) is 31.4 Å². The fraction of sp³-hybridized carbons (Fsp3) is 0.550. The molecule has 0 aliphatic heterocycles. The molecule has 0 atom stereocenters. The van der Waals surface area contributed by atoms with Gasteiger partial charge in [0.2, 0.25) is 5.91 Å². The number of carboxylic acid groups (broad SMARTS) is 1. The number of hydrogen-bond donors (Lipinski definition) is 3. The van der Waals surface area contributed by atoms with E-state index in [1.54, 1.807) is 26.0 Å². The maximum Gasteiger partial charge on any atom is 0.311 e. The highest BCUT2D eigenvalue weighted by molar-refractivity contribution is 5.96. The summed E-state index contributed by atoms with van der Waals surface area (Å²) >= 11 is 0. The molecule has 0 radical (unpaired) electrons. The number of carbonyl (C=O) groups is 3. The SMILES string of the molecule is CCC(CC)(CNC(=O)CNC(=O)c1ccc(C(C)(C)C)cc1)C(=O)O. The zero-order valence-electron chi connectivity index (χ0n) is 16.3. The largest absolute Gasteiger partial charge is 0.481 e. The summed E-state index contributed by atoms with van der Waals surface area (Å²) in [5.41, 5.74) is 0.635. The second-order valence-electron chi connectivity index (χ2n) is 7.58. The first-order chi connectivity index (χ1) is 12.1. The first-order valence-corrected chi connectivity index (χ1v) is 8.94. The van der Waals surface area contributed by atoms with Gasteiger partial charge in [0, 0.05) is 12.1 Å². The van der Waals surface area contributed by atoms with E-state index in [0.29, 0.717) is 18.4 Å². The van der Waals surface area contributed by atoms with E-state index in [4.69, 9.17) is 0 Å². The summed E-state index contributed by atoms with van der Waals surface area (Å²) in [6.45, 7) is 9.70. The van der Waals surface area contributed by atoms with Crippen LogP contribution >= 0.6 is 0 Å². The van der Waals surface area contributed by atoms with Gasteiger partial charge >= 0.3 is 5.97 Å². The molecule has 6 nitrogen and oxygen atoms in total. The smallest absolute Gasteiger partial charge is 0.311 e. The summed E-state index contributed by atoms with van der Waals surface area (Å²) in [7, 11) is 0. The van der Waals surface area contributed by atoms with E-state index in [9.17, 15) is 19.5 Å². The highest BCUT2D eigenvalue weighted by Crippen LogP contribution is 2.25. The van der Waals surface area contributed by atoms with Gasteiger partial charge in [-0.05, 0) is 36.0 Å². The summed E-state index contributed by atoms with van der Waals surface area (Å²) < 4.78 is 0. The van der Waals surface area contributed by atoms with E-state index in [-0.39, 0.29) is 24.4 Å². The summed E-state index contributed by atoms with van der Waals surface area (Å²) in [5, 5.41) is 14.5. The number of amides is 2. The summed E-state index contributed by atoms with van der Waals surface area (Å²) in [5.74, 6) is -1.67. The van der Waals surface area contributed by atoms with Gasteiger partial charge in [0.05, 0.1) is 12.0 Å². The Morgan fingerprint density at radius 3 is 1.92 bits per heavy atom. The Kier molecular flexibility index (Phi) is 7.36. The summed E-state index contributed by atoms with van der Waals surface area (Å²) in [4.78, 5) is 35.5. The van der Waals surface area contributed by atoms with Gasteiger partial charge in [0.15, 0.2) is 0 Å². The molecule has 1 aromatic carbocycles. The molecule has 2 amide bonds. The summed E-state index contributed by atoms with van der Waals surface area (Å²) in [6, 6.07) is 7.27. The Bertz CT molecular complexity index is 641. The van der Waals surface area contributed by atoms with Crippen molar-refractivity contribution in [3.8, 4) is 0 Å². The van der Waals surface area contributed by atoms with Crippen LogP contribution in [0.3, 0.4) is 0 Å². The van der Waals surface area contributed by atoms with Crippen molar-refractivity contribution in [1.82, 2.24) is 10.6 Å². The molecule has 0 saturated heterocycles. The number of carboxylic acids is 1. The lowest BCUT2D eigenvalue weighted by molar-refractivity contribution is -0.149. The van der Waals surface area contributed by atoms with Crippen LogP contribution in [-0.4, -0.2) is 36.0 Å². The van der Waals surface area contributed by atoms with E-state index >= 15 is 0 Å². The van der Waals surface area contributed by atoms with Crippen molar-refractivity contribution in [2.45, 2.75) is 52.9 Å². The standard InChI is InChI=1S/C20H30N2O4/c1-6-20(7-2,18(25)26)13-22-16(23)12-21-17(24)14-8-10-15(11-9-14)19(3,4)5/h8-11H,6-7,12-13H2,1-5H3,(H,21,24)(H,22,23)(H,25,26). The molecule has 3 N–H and O–H groups in total. The average molecular weight is 362 g/mol. The van der Waals surface area contributed by atoms with Gasteiger partial charge in [-0.3, -0.25) is 14.4 Å². The molecular formula is C20H30N2O4. The Morgan fingerprint density at radius 1 is 0.962 bits per heavy atom. The van der Waals surface area contributed by atoms with Crippen LogP contribution in [0.25, 0.3) is 0 Å². The van der Waals surface area contributed by atoms with Gasteiger partial charge in [-0.1, -0.05) is 46.8 Å². The quantitative estimate of drug-likeness (QED) is 0.662. The van der Waals surface area contributed by atoms with Gasteiger partial charge in [-0.2, -0.15) is 0 Å². The molecule has 0 aromatic heterocycles. The zero-order valence-corrected chi connectivity index (χ0v) is 16.3. The second-order valence-corrected chi connectivity index (χ2v) is 7.58. The minimum atomic E-state index is -0.970. The third-order valence-electron chi connectivity index (χ3n) is 4.85. The molecule has 0 bridgehead atoms. The lowest BCUT2D eigenvalue weighted by atomic mass is 9.82. The maximum absolute atomic E-state index is 12.1. The molecule has 0 spiro atoms. The van der Waals surface area contributed by atoms with Crippen molar-refractivity contribution in [1.29, 1.82) is 0 Å². The highest BCUT2D eigenvalue weighted by Gasteiger charge is 2.35. The number of rotatable bonds is 8. The predicted molar refractivity (Wildman–Crippen MR) is 101 cm³/mol. The molecule has 0 saturated carbocycles. The van der Waals surface area contributed by atoms with E-state index in [1.165, 1.54) is 0 Å². The molecule has 0 unspecified atom stereocenters. The highest BCUT2D eigenvalue weighted by atomic mass is 16.4. The normalized spacial score (nSPS) is 11.7. The third-order valence-corrected chi connectivity index (χ3v) is 4.85. The monoisotopic (exact) mass is 362 g/mol. The Labute approximate surface area is 155 Å². The molecular weight excluding hydrogens is 332 g/mol. The van der Waals surface area contributed by atoms with Crippen LogP contribution in [-0.2, 0) is 15.0 Å². The molecule has 6 heteroatoms. The molecule has 0 aliphatic rings. The average Bonchev–Trinajstić information content (AvgIpc) is 2.60. The van der Waals surface area contributed by atoms with Gasteiger partial charge < -0.3 is 15.7 Å². The van der Waals surface area contributed by atoms with Crippen molar-refractivity contribution in [2.75, 3.05) is 13.1 Å². The van der Waals surface area contributed by atoms with E-state index < -0.39 is 17.3 Å². The molecule has 144 valence electrons. The van der Waals surface area contributed by atoms with E-state index in [1.807, 2.05) is 12.1 Å². The number of aliphatic carboxylic acids is 1. The molecule has 0 heterocycles. The Hall–Kier alpha value is -2.37. The number of carbonyl (C=O) groups excluding carboxylic acids is 2. The van der Waals surface area contributed by atoms with Gasteiger partial charge in [-0.15, -0.1) is 0 Å². The van der Waals surface area contributed by atoms with Crippen molar-refractivity contribution in [2.24, 2.45) is 5.41 Å². The molecule has 0 aliphatic carbocycles. The topological polar surface area (TPSA) is 95.5 Å². The minimum absolute atomic E-state index is 0.00405. The second kappa shape index (κ2) is 8.83. The van der Waals surface area contributed by atoms with Gasteiger partial charge in [-0.25, -0.2) is 0 Å². The van der Waals surface area contributed by atoms with Crippen LogP contribution in [0, 0.1) is 5.41 Å². The molecule has 1 aromatic rings. The Balaban J connectivity index is 2.57. The lowest BCUT2D eigenvalue weighted by Crippen LogP contribution is -2.45. The van der Waals surface area contributed by atoms with Crippen LogP contribution in [0.15, 0.2) is 24.3 Å². The zero-order chi connectivity index (χ0) is 20.0. The first-order valence-electron chi connectivity index (χ1n) is 8.94. The van der Waals surface area contributed by atoms with Crippen LogP contribution in [0.4, 0.5) is 0 Å². The van der Waals surface area contributed by atoms with Crippen molar-refractivity contribution < 1.29 is 19.5 Å². The van der Waals surface area contributed by atoms with E-state index in [0.717, 1.165) is 5.56 Å². The lowest BCUT2D eigenvalue weighted by Gasteiger charge is -2.26. The van der Waals surface area contributed by atoms with Crippen molar-refractivity contribution >= 4 is 17.8 Å². The number of nitrogens with one attached hydrogen (secondary N) is 2. The maximum atomic E-state index is 12.1. The van der Waals surface area contributed by atoms with Crippen molar-refractivity contribution in [3.05, 3.63) is 35.4 Å². The number of hydrogen-bond acceptors (Lipinski definition) is 3. The van der Waals surface area contributed by atoms with Gasteiger partial charge in [0.1, 0.15) is 0 Å². The van der Waals surface area contributed by atoms with Crippen LogP contribution in [0.2, 0.25) is 0 Å².